The molecule has 1 saturated carbocycles. The van der Waals surface area contributed by atoms with Crippen LogP contribution in [0.3, 0.4) is 0 Å². The number of aryl methyl sites for hydroxylation is 1. The molecule has 33 heavy (non-hydrogen) atoms. The van der Waals surface area contributed by atoms with Crippen molar-refractivity contribution in [2.24, 2.45) is 13.0 Å². The Kier molecular flexibility index (Phi) is 6.66. The molecular weight excluding hydrogens is 426 g/mol. The Balaban J connectivity index is 1.64. The maximum absolute atomic E-state index is 13.6. The second kappa shape index (κ2) is 9.34. The SMILES string of the molecule is [C-]#[N+]c1ccc2c(n1)c(N1C[C@@H](CC)N(CC3CCC(F)(F)CC3)C[C@@H]1CC)nc(=O)n2C. The third-order valence-corrected chi connectivity index (χ3v) is 7.39. The second-order valence-electron chi connectivity index (χ2n) is 9.46. The molecule has 0 unspecified atom stereocenters. The second-order valence-corrected chi connectivity index (χ2v) is 9.46. The minimum Gasteiger partial charge on any atom is -0.361 e. The molecule has 7 nitrogen and oxygen atoms in total. The largest absolute Gasteiger partial charge is 0.361 e. The Labute approximate surface area is 193 Å². The standard InChI is InChI=1S/C24H32F2N6O/c1-5-17-15-32(18(6-2)14-31(17)13-16-9-11-24(25,26)12-10-16)22-21-19(30(4)23(33)29-22)7-8-20(27-3)28-21/h7-8,16-18H,5-6,9-15H2,1-2,4H3/t17-,18+/m1/s1. The van der Waals surface area contributed by atoms with Crippen LogP contribution in [-0.4, -0.2) is 57.1 Å². The zero-order chi connectivity index (χ0) is 23.8. The predicted octanol–water partition coefficient (Wildman–Crippen LogP) is 4.38. The maximum Gasteiger partial charge on any atom is 0.350 e. The number of piperazine rings is 1. The van der Waals surface area contributed by atoms with E-state index in [-0.39, 0.29) is 36.4 Å². The molecule has 3 heterocycles. The fraction of sp³-hybridized carbons (Fsp3) is 0.667. The summed E-state index contributed by atoms with van der Waals surface area (Å²) in [6.45, 7) is 13.9. The van der Waals surface area contributed by atoms with E-state index in [4.69, 9.17) is 6.57 Å². The molecule has 2 aliphatic rings. The van der Waals surface area contributed by atoms with Crippen LogP contribution < -0.4 is 10.6 Å². The van der Waals surface area contributed by atoms with E-state index in [1.807, 2.05) is 0 Å². The molecule has 0 aromatic carbocycles. The number of hydrogen-bond donors (Lipinski definition) is 0. The van der Waals surface area contributed by atoms with Crippen LogP contribution >= 0.6 is 0 Å². The summed E-state index contributed by atoms with van der Waals surface area (Å²) in [6.07, 6.45) is 2.90. The highest BCUT2D eigenvalue weighted by atomic mass is 19.3. The summed E-state index contributed by atoms with van der Waals surface area (Å²) in [5, 5.41) is 0. The molecule has 2 fully saturated rings. The van der Waals surface area contributed by atoms with E-state index in [2.05, 4.69) is 38.5 Å². The lowest BCUT2D eigenvalue weighted by Gasteiger charge is -2.48. The third-order valence-electron chi connectivity index (χ3n) is 7.39. The number of rotatable bonds is 5. The fourth-order valence-electron chi connectivity index (χ4n) is 5.30. The first-order valence-corrected chi connectivity index (χ1v) is 11.9. The molecule has 1 aliphatic carbocycles. The molecule has 0 bridgehead atoms. The first kappa shape index (κ1) is 23.6. The summed E-state index contributed by atoms with van der Waals surface area (Å²) >= 11 is 0. The van der Waals surface area contributed by atoms with E-state index in [1.165, 1.54) is 4.57 Å². The van der Waals surface area contributed by atoms with Gasteiger partial charge >= 0.3 is 5.69 Å². The minimum absolute atomic E-state index is 0.0100. The van der Waals surface area contributed by atoms with Crippen molar-refractivity contribution in [3.8, 4) is 0 Å². The van der Waals surface area contributed by atoms with Crippen molar-refractivity contribution >= 4 is 22.7 Å². The third kappa shape index (κ3) is 4.72. The van der Waals surface area contributed by atoms with E-state index in [1.54, 1.807) is 19.2 Å². The number of halogens is 2. The molecule has 0 radical (unpaired) electrons. The Hall–Kier alpha value is -2.60. The molecule has 2 aromatic heterocycles. The van der Waals surface area contributed by atoms with Crippen molar-refractivity contribution in [2.75, 3.05) is 24.5 Å². The molecule has 178 valence electrons. The van der Waals surface area contributed by atoms with E-state index in [0.717, 1.165) is 25.9 Å². The van der Waals surface area contributed by atoms with Gasteiger partial charge in [0.2, 0.25) is 11.4 Å². The summed E-state index contributed by atoms with van der Waals surface area (Å²) in [5.41, 5.74) is 0.885. The summed E-state index contributed by atoms with van der Waals surface area (Å²) in [4.78, 5) is 29.6. The maximum atomic E-state index is 13.6. The monoisotopic (exact) mass is 458 g/mol. The number of anilines is 1. The molecule has 0 spiro atoms. The van der Waals surface area contributed by atoms with Crippen molar-refractivity contribution in [2.45, 2.75) is 70.4 Å². The zero-order valence-electron chi connectivity index (χ0n) is 19.6. The Morgan fingerprint density at radius 2 is 1.82 bits per heavy atom. The van der Waals surface area contributed by atoms with E-state index in [0.29, 0.717) is 42.2 Å². The average Bonchev–Trinajstić information content (AvgIpc) is 2.82. The van der Waals surface area contributed by atoms with Crippen LogP contribution in [-0.2, 0) is 7.05 Å². The lowest BCUT2D eigenvalue weighted by Crippen LogP contribution is -2.59. The summed E-state index contributed by atoms with van der Waals surface area (Å²) in [5.74, 6) is -1.39. The molecule has 2 aromatic rings. The van der Waals surface area contributed by atoms with Crippen LogP contribution in [0.25, 0.3) is 15.9 Å². The van der Waals surface area contributed by atoms with Crippen molar-refractivity contribution in [1.29, 1.82) is 0 Å². The Bertz CT molecular complexity index is 1100. The highest BCUT2D eigenvalue weighted by Crippen LogP contribution is 2.37. The number of aromatic nitrogens is 3. The number of nitrogens with zero attached hydrogens (tertiary/aromatic N) is 6. The van der Waals surface area contributed by atoms with Gasteiger partial charge in [0, 0.05) is 51.6 Å². The highest BCUT2D eigenvalue weighted by molar-refractivity contribution is 5.87. The Morgan fingerprint density at radius 3 is 2.45 bits per heavy atom. The van der Waals surface area contributed by atoms with E-state index < -0.39 is 5.92 Å². The van der Waals surface area contributed by atoms with Crippen LogP contribution in [0.15, 0.2) is 16.9 Å². The van der Waals surface area contributed by atoms with Gasteiger partial charge in [0.05, 0.1) is 5.52 Å². The fourth-order valence-corrected chi connectivity index (χ4v) is 5.30. The highest BCUT2D eigenvalue weighted by Gasteiger charge is 2.39. The number of alkyl halides is 2. The van der Waals surface area contributed by atoms with Crippen LogP contribution in [0.5, 0.6) is 0 Å². The lowest BCUT2D eigenvalue weighted by molar-refractivity contribution is -0.0509. The zero-order valence-corrected chi connectivity index (χ0v) is 19.6. The first-order chi connectivity index (χ1) is 15.8. The van der Waals surface area contributed by atoms with Crippen LogP contribution in [0.2, 0.25) is 0 Å². The lowest BCUT2D eigenvalue weighted by atomic mass is 9.85. The van der Waals surface area contributed by atoms with Crippen molar-refractivity contribution in [3.05, 3.63) is 34.0 Å². The quantitative estimate of drug-likeness (QED) is 0.623. The number of fused-ring (bicyclic) bond motifs is 1. The molecule has 1 saturated heterocycles. The number of hydrogen-bond acceptors (Lipinski definition) is 5. The normalized spacial score (nSPS) is 24.2. The summed E-state index contributed by atoms with van der Waals surface area (Å²) in [7, 11) is 1.67. The van der Waals surface area contributed by atoms with Gasteiger partial charge < -0.3 is 9.74 Å². The first-order valence-electron chi connectivity index (χ1n) is 11.9. The molecule has 2 atom stereocenters. The predicted molar refractivity (Wildman–Crippen MR) is 125 cm³/mol. The smallest absolute Gasteiger partial charge is 0.350 e. The van der Waals surface area contributed by atoms with Gasteiger partial charge in [-0.25, -0.2) is 13.6 Å². The molecule has 9 heteroatoms. The van der Waals surface area contributed by atoms with Crippen LogP contribution in [0.1, 0.15) is 52.4 Å². The van der Waals surface area contributed by atoms with Gasteiger partial charge in [-0.2, -0.15) is 4.98 Å². The van der Waals surface area contributed by atoms with Gasteiger partial charge in [-0.1, -0.05) is 20.4 Å². The van der Waals surface area contributed by atoms with Gasteiger partial charge in [-0.05, 0) is 43.7 Å². The van der Waals surface area contributed by atoms with Gasteiger partial charge in [0.1, 0.15) is 0 Å². The molecule has 1 aliphatic heterocycles. The van der Waals surface area contributed by atoms with Crippen molar-refractivity contribution < 1.29 is 8.78 Å². The van der Waals surface area contributed by atoms with Gasteiger partial charge in [-0.3, -0.25) is 9.47 Å². The summed E-state index contributed by atoms with van der Waals surface area (Å²) in [6, 6.07) is 3.74. The summed E-state index contributed by atoms with van der Waals surface area (Å²) < 4.78 is 28.7. The van der Waals surface area contributed by atoms with Crippen molar-refractivity contribution in [1.82, 2.24) is 19.4 Å². The van der Waals surface area contributed by atoms with Gasteiger partial charge in [0.25, 0.3) is 5.82 Å². The van der Waals surface area contributed by atoms with Gasteiger partial charge in [0.15, 0.2) is 5.82 Å². The molecule has 0 N–H and O–H groups in total. The number of pyridine rings is 1. The topological polar surface area (TPSA) is 58.6 Å². The molecule has 4 rings (SSSR count). The average molecular weight is 459 g/mol. The Morgan fingerprint density at radius 1 is 1.12 bits per heavy atom. The molecular formula is C24H32F2N6O. The van der Waals surface area contributed by atoms with E-state index >= 15 is 0 Å². The van der Waals surface area contributed by atoms with E-state index in [9.17, 15) is 13.6 Å². The molecule has 0 amide bonds. The van der Waals surface area contributed by atoms with Crippen LogP contribution in [0, 0.1) is 12.5 Å². The minimum atomic E-state index is -2.51. The van der Waals surface area contributed by atoms with Crippen molar-refractivity contribution in [3.63, 3.8) is 0 Å². The van der Waals surface area contributed by atoms with Gasteiger partial charge in [-0.15, -0.1) is 4.98 Å². The van der Waals surface area contributed by atoms with Crippen LogP contribution in [0.4, 0.5) is 20.4 Å².